The van der Waals surface area contributed by atoms with Crippen LogP contribution in [0.4, 0.5) is 0 Å². The van der Waals surface area contributed by atoms with Crippen LogP contribution in [0.1, 0.15) is 13.3 Å². The van der Waals surface area contributed by atoms with Crippen LogP contribution in [-0.2, 0) is 4.79 Å². The van der Waals surface area contributed by atoms with Gasteiger partial charge in [-0.15, -0.1) is 0 Å². The minimum atomic E-state index is 0.121. The van der Waals surface area contributed by atoms with Gasteiger partial charge >= 0.3 is 0 Å². The van der Waals surface area contributed by atoms with E-state index in [2.05, 4.69) is 11.5 Å². The van der Waals surface area contributed by atoms with Gasteiger partial charge in [-0.25, -0.2) is 0 Å². The average molecular weight is 199 g/mol. The lowest BCUT2D eigenvalue weighted by Crippen LogP contribution is -2.44. The van der Waals surface area contributed by atoms with E-state index in [1.807, 2.05) is 25.7 Å². The van der Waals surface area contributed by atoms with Crippen molar-refractivity contribution < 1.29 is 4.79 Å². The van der Waals surface area contributed by atoms with Crippen LogP contribution in [0.15, 0.2) is 12.2 Å². The number of ketones is 1. The Balaban J connectivity index is 2.48. The summed E-state index contributed by atoms with van der Waals surface area (Å²) < 4.78 is 0. The van der Waals surface area contributed by atoms with Crippen molar-refractivity contribution in [2.24, 2.45) is 0 Å². The van der Waals surface area contributed by atoms with Crippen LogP contribution < -0.4 is 0 Å². The van der Waals surface area contributed by atoms with Crippen molar-refractivity contribution in [3.05, 3.63) is 12.2 Å². The van der Waals surface area contributed by atoms with Gasteiger partial charge in [-0.3, -0.25) is 9.69 Å². The molecule has 0 radical (unpaired) electrons. The van der Waals surface area contributed by atoms with Gasteiger partial charge in [0.15, 0.2) is 5.78 Å². The summed E-state index contributed by atoms with van der Waals surface area (Å²) in [7, 11) is 2.03. The first-order valence-electron chi connectivity index (χ1n) is 4.56. The maximum Gasteiger partial charge on any atom is 0.154 e. The molecule has 3 heteroatoms. The summed E-state index contributed by atoms with van der Waals surface area (Å²) in [5, 5.41) is 0. The fourth-order valence-electron chi connectivity index (χ4n) is 1.44. The zero-order valence-corrected chi connectivity index (χ0v) is 9.19. The molecular weight excluding hydrogens is 182 g/mol. The highest BCUT2D eigenvalue weighted by molar-refractivity contribution is 7.99. The van der Waals surface area contributed by atoms with Crippen molar-refractivity contribution in [3.63, 3.8) is 0 Å². The fraction of sp³-hybridized carbons (Fsp3) is 0.700. The summed E-state index contributed by atoms with van der Waals surface area (Å²) in [6.07, 6.45) is 0.537. The van der Waals surface area contributed by atoms with Gasteiger partial charge in [0.25, 0.3) is 0 Å². The Morgan fingerprint density at radius 1 is 1.69 bits per heavy atom. The number of carbonyl (C=O) groups excluding carboxylic acids is 1. The number of hydrogen-bond donors (Lipinski definition) is 0. The first-order chi connectivity index (χ1) is 6.11. The fourth-order valence-corrected chi connectivity index (χ4v) is 2.69. The summed E-state index contributed by atoms with van der Waals surface area (Å²) in [6.45, 7) is 6.70. The van der Waals surface area contributed by atoms with Gasteiger partial charge in [-0.2, -0.15) is 11.8 Å². The van der Waals surface area contributed by atoms with Crippen molar-refractivity contribution in [1.82, 2.24) is 4.90 Å². The molecule has 0 amide bonds. The molecule has 1 rings (SSSR count). The van der Waals surface area contributed by atoms with E-state index in [1.165, 1.54) is 0 Å². The molecule has 1 unspecified atom stereocenters. The number of hydrogen-bond acceptors (Lipinski definition) is 3. The summed E-state index contributed by atoms with van der Waals surface area (Å²) in [4.78, 5) is 13.9. The monoisotopic (exact) mass is 199 g/mol. The van der Waals surface area contributed by atoms with Crippen molar-refractivity contribution in [1.29, 1.82) is 0 Å². The second-order valence-electron chi connectivity index (χ2n) is 3.67. The molecule has 1 saturated heterocycles. The largest absolute Gasteiger partial charge is 0.298 e. The lowest BCUT2D eigenvalue weighted by molar-refractivity contribution is -0.122. The van der Waals surface area contributed by atoms with Gasteiger partial charge in [-0.05, 0) is 14.0 Å². The van der Waals surface area contributed by atoms with Gasteiger partial charge in [0, 0.05) is 24.5 Å². The molecule has 0 aromatic heterocycles. The van der Waals surface area contributed by atoms with E-state index in [4.69, 9.17) is 0 Å². The van der Waals surface area contributed by atoms with Crippen LogP contribution in [0, 0.1) is 0 Å². The van der Waals surface area contributed by atoms with Crippen LogP contribution in [-0.4, -0.2) is 41.8 Å². The van der Waals surface area contributed by atoms with Gasteiger partial charge in [0.1, 0.15) is 0 Å². The standard InChI is InChI=1S/C10H17NOS/c1-8(2)6-10(12)9-7-13-5-4-11(9)3/h9H,1,4-7H2,2-3H3. The molecule has 74 valence electrons. The molecule has 0 saturated carbocycles. The van der Waals surface area contributed by atoms with E-state index in [0.29, 0.717) is 12.2 Å². The van der Waals surface area contributed by atoms with Crippen LogP contribution in [0.3, 0.4) is 0 Å². The lowest BCUT2D eigenvalue weighted by Gasteiger charge is -2.30. The summed E-state index contributed by atoms with van der Waals surface area (Å²) in [6, 6.07) is 0.121. The number of allylic oxidation sites excluding steroid dienone is 1. The normalized spacial score (nSPS) is 24.3. The zero-order valence-electron chi connectivity index (χ0n) is 8.38. The first kappa shape index (κ1) is 10.8. The minimum absolute atomic E-state index is 0.121. The van der Waals surface area contributed by atoms with Crippen LogP contribution in [0.2, 0.25) is 0 Å². The number of carbonyl (C=O) groups is 1. The molecule has 0 aliphatic carbocycles. The number of rotatable bonds is 3. The van der Waals surface area contributed by atoms with E-state index in [0.717, 1.165) is 23.6 Å². The van der Waals surface area contributed by atoms with E-state index in [1.54, 1.807) is 0 Å². The Morgan fingerprint density at radius 2 is 2.38 bits per heavy atom. The molecule has 1 fully saturated rings. The predicted octanol–water partition coefficient (Wildman–Crippen LogP) is 1.57. The molecule has 1 atom stereocenters. The van der Waals surface area contributed by atoms with Gasteiger partial charge < -0.3 is 0 Å². The SMILES string of the molecule is C=C(C)CC(=O)C1CSCCN1C. The van der Waals surface area contributed by atoms with Crippen molar-refractivity contribution in [3.8, 4) is 0 Å². The second kappa shape index (κ2) is 4.82. The van der Waals surface area contributed by atoms with Crippen LogP contribution in [0.5, 0.6) is 0 Å². The highest BCUT2D eigenvalue weighted by atomic mass is 32.2. The Labute approximate surface area is 84.4 Å². The lowest BCUT2D eigenvalue weighted by atomic mass is 10.1. The Kier molecular flexibility index (Phi) is 4.00. The minimum Gasteiger partial charge on any atom is -0.298 e. The van der Waals surface area contributed by atoms with Crippen molar-refractivity contribution >= 4 is 17.5 Å². The molecule has 0 aromatic carbocycles. The van der Waals surface area contributed by atoms with Crippen LogP contribution >= 0.6 is 11.8 Å². The van der Waals surface area contributed by atoms with E-state index >= 15 is 0 Å². The molecular formula is C10H17NOS. The zero-order chi connectivity index (χ0) is 9.84. The molecule has 1 aliphatic rings. The van der Waals surface area contributed by atoms with Gasteiger partial charge in [0.05, 0.1) is 6.04 Å². The number of thioether (sulfide) groups is 1. The highest BCUT2D eigenvalue weighted by Gasteiger charge is 2.25. The third kappa shape index (κ3) is 3.16. The molecule has 2 nitrogen and oxygen atoms in total. The summed E-state index contributed by atoms with van der Waals surface area (Å²) in [5.41, 5.74) is 0.967. The Hall–Kier alpha value is -0.280. The Bertz CT molecular complexity index is 215. The van der Waals surface area contributed by atoms with Gasteiger partial charge in [-0.1, -0.05) is 12.2 Å². The summed E-state index contributed by atoms with van der Waals surface area (Å²) >= 11 is 1.87. The molecule has 0 spiro atoms. The third-order valence-electron chi connectivity index (χ3n) is 2.24. The van der Waals surface area contributed by atoms with Gasteiger partial charge in [0.2, 0.25) is 0 Å². The molecule has 0 bridgehead atoms. The molecule has 0 aromatic rings. The number of Topliss-reactive ketones (excluding diaryl/α,β-unsaturated/α-hetero) is 1. The predicted molar refractivity (Wildman–Crippen MR) is 58.2 cm³/mol. The maximum absolute atomic E-state index is 11.7. The third-order valence-corrected chi connectivity index (χ3v) is 3.27. The topological polar surface area (TPSA) is 20.3 Å². The smallest absolute Gasteiger partial charge is 0.154 e. The summed E-state index contributed by atoms with van der Waals surface area (Å²) in [5.74, 6) is 2.41. The van der Waals surface area contributed by atoms with Crippen LogP contribution in [0.25, 0.3) is 0 Å². The number of likely N-dealkylation sites (N-methyl/N-ethyl adjacent to an activating group) is 1. The quantitative estimate of drug-likeness (QED) is 0.644. The van der Waals surface area contributed by atoms with E-state index in [9.17, 15) is 4.79 Å². The van der Waals surface area contributed by atoms with E-state index < -0.39 is 0 Å². The Morgan fingerprint density at radius 3 is 2.92 bits per heavy atom. The number of nitrogens with zero attached hydrogens (tertiary/aromatic N) is 1. The average Bonchev–Trinajstić information content (AvgIpc) is 2.03. The second-order valence-corrected chi connectivity index (χ2v) is 4.82. The van der Waals surface area contributed by atoms with Crippen molar-refractivity contribution in [2.75, 3.05) is 25.1 Å². The molecule has 1 heterocycles. The maximum atomic E-state index is 11.7. The first-order valence-corrected chi connectivity index (χ1v) is 5.72. The van der Waals surface area contributed by atoms with E-state index in [-0.39, 0.29) is 6.04 Å². The van der Waals surface area contributed by atoms with Crippen molar-refractivity contribution in [2.45, 2.75) is 19.4 Å². The highest BCUT2D eigenvalue weighted by Crippen LogP contribution is 2.17. The molecule has 13 heavy (non-hydrogen) atoms. The molecule has 1 aliphatic heterocycles. The molecule has 0 N–H and O–H groups in total.